The van der Waals surface area contributed by atoms with Gasteiger partial charge in [-0.2, -0.15) is 0 Å². The second-order valence-corrected chi connectivity index (χ2v) is 5.87. The molecule has 0 aliphatic heterocycles. The van der Waals surface area contributed by atoms with Crippen LogP contribution in [-0.4, -0.2) is 23.1 Å². The van der Waals surface area contributed by atoms with Crippen molar-refractivity contribution in [2.45, 2.75) is 6.61 Å². The third kappa shape index (κ3) is 4.82. The van der Waals surface area contributed by atoms with E-state index in [9.17, 15) is 14.3 Å². The van der Waals surface area contributed by atoms with Crippen LogP contribution in [0.4, 0.5) is 0 Å². The van der Waals surface area contributed by atoms with Gasteiger partial charge in [0.2, 0.25) is 0 Å². The van der Waals surface area contributed by atoms with Crippen LogP contribution in [0, 0.1) is 0 Å². The van der Waals surface area contributed by atoms with Crippen LogP contribution in [0.1, 0.15) is 15.9 Å². The van der Waals surface area contributed by atoms with Crippen molar-refractivity contribution in [3.63, 3.8) is 0 Å². The molecule has 122 valence electrons. The lowest BCUT2D eigenvalue weighted by Crippen LogP contribution is -2.01. The first kappa shape index (κ1) is 17.0. The van der Waals surface area contributed by atoms with Crippen LogP contribution in [0.15, 0.2) is 48.5 Å². The van der Waals surface area contributed by atoms with Gasteiger partial charge in [-0.3, -0.25) is 9.42 Å². The summed E-state index contributed by atoms with van der Waals surface area (Å²) in [5.74, 6) is -1.22. The summed E-state index contributed by atoms with van der Waals surface area (Å²) in [4.78, 5) is 20.7. The maximum absolute atomic E-state index is 12.0. The largest absolute Gasteiger partial charge is 0.527 e. The minimum atomic E-state index is -4.39. The summed E-state index contributed by atoms with van der Waals surface area (Å²) in [5.41, 5.74) is 0.672. The molecular weight excluding hydrogens is 323 g/mol. The highest BCUT2D eigenvalue weighted by atomic mass is 31.2. The number of phosphoric acid groups is 1. The van der Waals surface area contributed by atoms with E-state index < -0.39 is 13.8 Å². The van der Waals surface area contributed by atoms with E-state index in [0.717, 1.165) is 0 Å². The quantitative estimate of drug-likeness (QED) is 0.748. The maximum atomic E-state index is 12.0. The summed E-state index contributed by atoms with van der Waals surface area (Å²) >= 11 is 0. The molecule has 0 amide bonds. The van der Waals surface area contributed by atoms with Gasteiger partial charge in [-0.15, -0.1) is 0 Å². The van der Waals surface area contributed by atoms with E-state index >= 15 is 0 Å². The molecule has 0 aliphatic carbocycles. The fraction of sp³-hybridized carbons (Fsp3) is 0.133. The third-order valence-corrected chi connectivity index (χ3v) is 3.74. The van der Waals surface area contributed by atoms with E-state index in [1.807, 2.05) is 6.07 Å². The van der Waals surface area contributed by atoms with Gasteiger partial charge in [0.15, 0.2) is 11.5 Å². The topological polar surface area (TPSA) is 102 Å². The summed E-state index contributed by atoms with van der Waals surface area (Å²) in [6, 6.07) is 12.5. The van der Waals surface area contributed by atoms with Crippen LogP contribution in [0.3, 0.4) is 0 Å². The Morgan fingerprint density at radius 3 is 2.43 bits per heavy atom. The number of ether oxygens (including phenoxy) is 1. The van der Waals surface area contributed by atoms with E-state index in [-0.39, 0.29) is 23.7 Å². The van der Waals surface area contributed by atoms with Crippen LogP contribution in [0.25, 0.3) is 0 Å². The average molecular weight is 338 g/mol. The van der Waals surface area contributed by atoms with Gasteiger partial charge >= 0.3 is 13.8 Å². The number of hydrogen-bond donors (Lipinski definition) is 2. The van der Waals surface area contributed by atoms with Crippen LogP contribution in [0.2, 0.25) is 0 Å². The molecule has 0 spiro atoms. The van der Waals surface area contributed by atoms with Crippen molar-refractivity contribution in [2.24, 2.45) is 0 Å². The van der Waals surface area contributed by atoms with Gasteiger partial charge in [0.25, 0.3) is 0 Å². The van der Waals surface area contributed by atoms with Crippen molar-refractivity contribution >= 4 is 13.8 Å². The average Bonchev–Trinajstić information content (AvgIpc) is 2.54. The van der Waals surface area contributed by atoms with Crippen molar-refractivity contribution in [1.82, 2.24) is 0 Å². The summed E-state index contributed by atoms with van der Waals surface area (Å²) < 4.78 is 26.8. The summed E-state index contributed by atoms with van der Waals surface area (Å²) in [6.07, 6.45) is 0. The van der Waals surface area contributed by atoms with Gasteiger partial charge < -0.3 is 14.4 Å². The van der Waals surface area contributed by atoms with Crippen LogP contribution in [0.5, 0.6) is 11.5 Å². The van der Waals surface area contributed by atoms with Crippen molar-refractivity contribution in [2.75, 3.05) is 7.11 Å². The highest BCUT2D eigenvalue weighted by Gasteiger charge is 2.25. The molecular formula is C15H15O7P. The van der Waals surface area contributed by atoms with Crippen molar-refractivity contribution in [3.8, 4) is 11.5 Å². The Kier molecular flexibility index (Phi) is 5.39. The predicted molar refractivity (Wildman–Crippen MR) is 81.6 cm³/mol. The highest BCUT2D eigenvalue weighted by molar-refractivity contribution is 7.47. The molecule has 0 bridgehead atoms. The SMILES string of the molecule is COc1cc(C(=O)O)ccc1OP(=O)(O)OCc1ccccc1. The first-order chi connectivity index (χ1) is 10.9. The molecule has 23 heavy (non-hydrogen) atoms. The first-order valence-corrected chi connectivity index (χ1v) is 8.03. The van der Waals surface area contributed by atoms with E-state index in [4.69, 9.17) is 18.9 Å². The van der Waals surface area contributed by atoms with Crippen molar-refractivity contribution in [1.29, 1.82) is 0 Å². The second kappa shape index (κ2) is 7.28. The number of carbonyl (C=O) groups is 1. The Hall–Kier alpha value is -2.34. The fourth-order valence-corrected chi connectivity index (χ4v) is 2.52. The number of rotatable bonds is 7. The van der Waals surface area contributed by atoms with Gasteiger partial charge in [0.05, 0.1) is 19.3 Å². The van der Waals surface area contributed by atoms with Crippen molar-refractivity contribution < 1.29 is 33.1 Å². The van der Waals surface area contributed by atoms with Gasteiger partial charge in [-0.25, -0.2) is 9.36 Å². The first-order valence-electron chi connectivity index (χ1n) is 6.53. The number of methoxy groups -OCH3 is 1. The molecule has 1 atom stereocenters. The normalized spacial score (nSPS) is 13.1. The summed E-state index contributed by atoms with van der Waals surface area (Å²) in [5, 5.41) is 8.91. The Labute approximate surface area is 132 Å². The van der Waals surface area contributed by atoms with E-state index in [1.54, 1.807) is 24.3 Å². The van der Waals surface area contributed by atoms with E-state index in [1.165, 1.54) is 25.3 Å². The van der Waals surface area contributed by atoms with Gasteiger partial charge in [0, 0.05) is 0 Å². The zero-order chi connectivity index (χ0) is 16.9. The number of aromatic carboxylic acids is 1. The lowest BCUT2D eigenvalue weighted by Gasteiger charge is -2.15. The molecule has 2 aromatic carbocycles. The third-order valence-electron chi connectivity index (χ3n) is 2.86. The molecule has 1 unspecified atom stereocenters. The number of carboxylic acid groups (broad SMARTS) is 1. The van der Waals surface area contributed by atoms with Crippen LogP contribution >= 0.6 is 7.82 Å². The number of benzene rings is 2. The van der Waals surface area contributed by atoms with E-state index in [0.29, 0.717) is 5.56 Å². The minimum Gasteiger partial charge on any atom is -0.493 e. The minimum absolute atomic E-state index is 0.0162. The van der Waals surface area contributed by atoms with Gasteiger partial charge in [-0.1, -0.05) is 30.3 Å². The smallest absolute Gasteiger partial charge is 0.493 e. The van der Waals surface area contributed by atoms with Crippen molar-refractivity contribution in [3.05, 3.63) is 59.7 Å². The maximum Gasteiger partial charge on any atom is 0.527 e. The van der Waals surface area contributed by atoms with Gasteiger partial charge in [-0.05, 0) is 23.8 Å². The molecule has 7 nitrogen and oxygen atoms in total. The molecule has 0 heterocycles. The molecule has 0 aromatic heterocycles. The zero-order valence-electron chi connectivity index (χ0n) is 12.2. The number of carboxylic acids is 1. The predicted octanol–water partition coefficient (Wildman–Crippen LogP) is 3.09. The number of phosphoric ester groups is 1. The van der Waals surface area contributed by atoms with E-state index in [2.05, 4.69) is 0 Å². The molecule has 8 heteroatoms. The Morgan fingerprint density at radius 2 is 1.83 bits per heavy atom. The summed E-state index contributed by atoms with van der Waals surface area (Å²) in [7, 11) is -3.09. The Morgan fingerprint density at radius 1 is 1.13 bits per heavy atom. The monoisotopic (exact) mass is 338 g/mol. The Balaban J connectivity index is 2.10. The second-order valence-electron chi connectivity index (χ2n) is 4.49. The van der Waals surface area contributed by atoms with Gasteiger partial charge in [0.1, 0.15) is 0 Å². The molecule has 0 radical (unpaired) electrons. The molecule has 2 N–H and O–H groups in total. The molecule has 0 fully saturated rings. The zero-order valence-corrected chi connectivity index (χ0v) is 13.1. The highest BCUT2D eigenvalue weighted by Crippen LogP contribution is 2.47. The molecule has 2 rings (SSSR count). The molecule has 0 saturated heterocycles. The lowest BCUT2D eigenvalue weighted by atomic mass is 10.2. The Bertz CT molecular complexity index is 730. The molecule has 0 saturated carbocycles. The van der Waals surface area contributed by atoms with Crippen LogP contribution in [-0.2, 0) is 15.7 Å². The lowest BCUT2D eigenvalue weighted by molar-refractivity contribution is 0.0696. The molecule has 2 aromatic rings. The molecule has 0 aliphatic rings. The fourth-order valence-electron chi connectivity index (χ4n) is 1.76. The number of hydrogen-bond acceptors (Lipinski definition) is 5. The summed E-state index contributed by atoms with van der Waals surface area (Å²) in [6.45, 7) is -0.107. The standard InChI is InChI=1S/C15H15O7P/c1-20-14-9-12(15(16)17)7-8-13(14)22-23(18,19)21-10-11-5-3-2-4-6-11/h2-9H,10H2,1H3,(H,16,17)(H,18,19). The van der Waals surface area contributed by atoms with Crippen LogP contribution < -0.4 is 9.26 Å².